The minimum absolute atomic E-state index is 0.0881. The number of carboxylic acids is 1. The van der Waals surface area contributed by atoms with Crippen LogP contribution < -0.4 is 16.0 Å². The van der Waals surface area contributed by atoms with E-state index in [2.05, 4.69) is 16.0 Å². The molecule has 0 unspecified atom stereocenters. The van der Waals surface area contributed by atoms with E-state index < -0.39 is 12.0 Å². The number of benzene rings is 1. The molecule has 1 rings (SSSR count). The van der Waals surface area contributed by atoms with Crippen LogP contribution in [0.15, 0.2) is 24.3 Å². The molecule has 0 aliphatic rings. The standard InChI is InChI=1S/C13H17N3O4/c1-2-14-11(17)6-7-15-13(20)16-10-5-3-4-9(8-10)12(18)19/h3-5,8H,2,6-7H2,1H3,(H,14,17)(H,18,19)(H2,15,16,20). The zero-order valence-electron chi connectivity index (χ0n) is 11.1. The van der Waals surface area contributed by atoms with Gasteiger partial charge in [-0.2, -0.15) is 0 Å². The number of hydrogen-bond donors (Lipinski definition) is 4. The van der Waals surface area contributed by atoms with Crippen molar-refractivity contribution >= 4 is 23.6 Å². The summed E-state index contributed by atoms with van der Waals surface area (Å²) in [6, 6.07) is 5.41. The number of carbonyl (C=O) groups excluding carboxylic acids is 2. The van der Waals surface area contributed by atoms with Gasteiger partial charge in [0.05, 0.1) is 5.56 Å². The van der Waals surface area contributed by atoms with Crippen LogP contribution in [0, 0.1) is 0 Å². The smallest absolute Gasteiger partial charge is 0.335 e. The third-order valence-corrected chi connectivity index (χ3v) is 2.38. The number of carboxylic acid groups (broad SMARTS) is 1. The average Bonchev–Trinajstić information content (AvgIpc) is 2.39. The minimum atomic E-state index is -1.06. The fraction of sp³-hybridized carbons (Fsp3) is 0.308. The van der Waals surface area contributed by atoms with Crippen LogP contribution in [0.1, 0.15) is 23.7 Å². The van der Waals surface area contributed by atoms with Crippen molar-refractivity contribution in [2.45, 2.75) is 13.3 Å². The van der Waals surface area contributed by atoms with Crippen molar-refractivity contribution in [2.24, 2.45) is 0 Å². The Morgan fingerprint density at radius 1 is 1.20 bits per heavy atom. The van der Waals surface area contributed by atoms with E-state index in [-0.39, 0.29) is 24.4 Å². The molecular formula is C13H17N3O4. The summed E-state index contributed by atoms with van der Waals surface area (Å²) < 4.78 is 0. The molecule has 20 heavy (non-hydrogen) atoms. The molecule has 0 aromatic heterocycles. The first-order valence-electron chi connectivity index (χ1n) is 6.18. The first kappa shape index (κ1) is 15.5. The lowest BCUT2D eigenvalue weighted by molar-refractivity contribution is -0.120. The fourth-order valence-corrected chi connectivity index (χ4v) is 1.48. The number of hydrogen-bond acceptors (Lipinski definition) is 3. The van der Waals surface area contributed by atoms with Crippen molar-refractivity contribution in [3.63, 3.8) is 0 Å². The number of anilines is 1. The largest absolute Gasteiger partial charge is 0.478 e. The quantitative estimate of drug-likeness (QED) is 0.623. The molecule has 0 saturated carbocycles. The zero-order chi connectivity index (χ0) is 15.0. The summed E-state index contributed by atoms with van der Waals surface area (Å²) in [7, 11) is 0. The van der Waals surface area contributed by atoms with Gasteiger partial charge in [-0.25, -0.2) is 9.59 Å². The first-order chi connectivity index (χ1) is 9.52. The Morgan fingerprint density at radius 2 is 1.95 bits per heavy atom. The molecular weight excluding hydrogens is 262 g/mol. The highest BCUT2D eigenvalue weighted by atomic mass is 16.4. The molecule has 3 amide bonds. The average molecular weight is 279 g/mol. The fourth-order valence-electron chi connectivity index (χ4n) is 1.48. The summed E-state index contributed by atoms with van der Waals surface area (Å²) >= 11 is 0. The molecule has 0 aliphatic carbocycles. The molecule has 0 bridgehead atoms. The Kier molecular flexibility index (Phi) is 6.02. The third kappa shape index (κ3) is 5.38. The summed E-state index contributed by atoms with van der Waals surface area (Å²) in [5.74, 6) is -1.20. The highest BCUT2D eigenvalue weighted by molar-refractivity contribution is 5.93. The minimum Gasteiger partial charge on any atom is -0.478 e. The van der Waals surface area contributed by atoms with E-state index in [1.54, 1.807) is 6.07 Å². The summed E-state index contributed by atoms with van der Waals surface area (Å²) in [6.07, 6.45) is 0.191. The van der Waals surface area contributed by atoms with E-state index >= 15 is 0 Å². The van der Waals surface area contributed by atoms with Crippen molar-refractivity contribution in [3.05, 3.63) is 29.8 Å². The highest BCUT2D eigenvalue weighted by Gasteiger charge is 2.06. The van der Waals surface area contributed by atoms with E-state index in [0.717, 1.165) is 0 Å². The van der Waals surface area contributed by atoms with Gasteiger partial charge in [-0.15, -0.1) is 0 Å². The van der Waals surface area contributed by atoms with Crippen LogP contribution in [0.4, 0.5) is 10.5 Å². The van der Waals surface area contributed by atoms with E-state index in [1.807, 2.05) is 6.92 Å². The van der Waals surface area contributed by atoms with Crippen molar-refractivity contribution in [1.82, 2.24) is 10.6 Å². The summed E-state index contributed by atoms with van der Waals surface area (Å²) in [5.41, 5.74) is 0.463. The van der Waals surface area contributed by atoms with Crippen molar-refractivity contribution in [2.75, 3.05) is 18.4 Å². The maximum atomic E-state index is 11.5. The predicted molar refractivity (Wildman–Crippen MR) is 73.7 cm³/mol. The number of nitrogens with one attached hydrogen (secondary N) is 3. The Hall–Kier alpha value is -2.57. The second kappa shape index (κ2) is 7.78. The second-order valence-corrected chi connectivity index (χ2v) is 3.97. The van der Waals surface area contributed by atoms with Gasteiger partial charge in [-0.05, 0) is 25.1 Å². The van der Waals surface area contributed by atoms with Crippen molar-refractivity contribution in [3.8, 4) is 0 Å². The SMILES string of the molecule is CCNC(=O)CCNC(=O)Nc1cccc(C(=O)O)c1. The maximum Gasteiger partial charge on any atom is 0.335 e. The Bertz CT molecular complexity index is 502. The van der Waals surface area contributed by atoms with E-state index in [9.17, 15) is 14.4 Å². The van der Waals surface area contributed by atoms with E-state index in [0.29, 0.717) is 12.2 Å². The van der Waals surface area contributed by atoms with Crippen molar-refractivity contribution < 1.29 is 19.5 Å². The number of urea groups is 1. The van der Waals surface area contributed by atoms with Crippen molar-refractivity contribution in [1.29, 1.82) is 0 Å². The number of aromatic carboxylic acids is 1. The lowest BCUT2D eigenvalue weighted by Crippen LogP contribution is -2.33. The number of amides is 3. The molecule has 1 aromatic carbocycles. The molecule has 0 spiro atoms. The number of rotatable bonds is 6. The molecule has 7 nitrogen and oxygen atoms in total. The molecule has 108 valence electrons. The first-order valence-corrected chi connectivity index (χ1v) is 6.18. The predicted octanol–water partition coefficient (Wildman–Crippen LogP) is 1.03. The van der Waals surface area contributed by atoms with Gasteiger partial charge < -0.3 is 21.1 Å². The van der Waals surface area contributed by atoms with Crippen LogP contribution in [0.5, 0.6) is 0 Å². The number of carbonyl (C=O) groups is 3. The molecule has 0 saturated heterocycles. The molecule has 7 heteroatoms. The Morgan fingerprint density at radius 3 is 2.60 bits per heavy atom. The second-order valence-electron chi connectivity index (χ2n) is 3.97. The Labute approximate surface area is 116 Å². The summed E-state index contributed by atoms with van der Waals surface area (Å²) in [6.45, 7) is 2.57. The van der Waals surface area contributed by atoms with Gasteiger partial charge in [0.2, 0.25) is 5.91 Å². The molecule has 0 fully saturated rings. The van der Waals surface area contributed by atoms with Gasteiger partial charge in [0.1, 0.15) is 0 Å². The highest BCUT2D eigenvalue weighted by Crippen LogP contribution is 2.10. The normalized spacial score (nSPS) is 9.65. The maximum absolute atomic E-state index is 11.5. The molecule has 4 N–H and O–H groups in total. The van der Waals surface area contributed by atoms with E-state index in [4.69, 9.17) is 5.11 Å². The van der Waals surface area contributed by atoms with Crippen LogP contribution >= 0.6 is 0 Å². The van der Waals surface area contributed by atoms with Crippen LogP contribution in [-0.2, 0) is 4.79 Å². The van der Waals surface area contributed by atoms with Gasteiger partial charge >= 0.3 is 12.0 Å². The summed E-state index contributed by atoms with van der Waals surface area (Å²) in [5, 5.41) is 16.4. The Balaban J connectivity index is 2.41. The van der Waals surface area contributed by atoms with Crippen LogP contribution in [0.2, 0.25) is 0 Å². The summed E-state index contributed by atoms with van der Waals surface area (Å²) in [4.78, 5) is 33.5. The molecule has 0 aliphatic heterocycles. The van der Waals surface area contributed by atoms with Gasteiger partial charge in [-0.3, -0.25) is 4.79 Å². The monoisotopic (exact) mass is 279 g/mol. The van der Waals surface area contributed by atoms with Gasteiger partial charge in [0, 0.05) is 25.2 Å². The van der Waals surface area contributed by atoms with Gasteiger partial charge in [0.15, 0.2) is 0 Å². The van der Waals surface area contributed by atoms with Crippen LogP contribution in [-0.4, -0.2) is 36.1 Å². The topological polar surface area (TPSA) is 108 Å². The van der Waals surface area contributed by atoms with Gasteiger partial charge in [0.25, 0.3) is 0 Å². The lowest BCUT2D eigenvalue weighted by atomic mass is 10.2. The molecule has 0 radical (unpaired) electrons. The zero-order valence-corrected chi connectivity index (χ0v) is 11.1. The third-order valence-electron chi connectivity index (χ3n) is 2.38. The molecule has 0 atom stereocenters. The van der Waals surface area contributed by atoms with Crippen LogP contribution in [0.25, 0.3) is 0 Å². The lowest BCUT2D eigenvalue weighted by Gasteiger charge is -2.08. The van der Waals surface area contributed by atoms with E-state index in [1.165, 1.54) is 18.2 Å². The van der Waals surface area contributed by atoms with Gasteiger partial charge in [-0.1, -0.05) is 6.07 Å². The molecule has 1 aromatic rings. The molecule has 0 heterocycles. The van der Waals surface area contributed by atoms with Crippen LogP contribution in [0.3, 0.4) is 0 Å².